The predicted octanol–water partition coefficient (Wildman–Crippen LogP) is 2.22. The smallest absolute Gasteiger partial charge is 0.315 e. The van der Waals surface area contributed by atoms with Gasteiger partial charge in [0.1, 0.15) is 11.8 Å². The van der Waals surface area contributed by atoms with E-state index in [1.807, 2.05) is 33.8 Å². The molecule has 0 spiro atoms. The minimum Gasteiger partial charge on any atom is -0.356 e. The Morgan fingerprint density at radius 1 is 1.44 bits per heavy atom. The van der Waals surface area contributed by atoms with E-state index in [1.54, 1.807) is 11.0 Å². The molecule has 1 aromatic rings. The molecular formula is C18H27N5O2. The number of aromatic nitrogens is 1. The van der Waals surface area contributed by atoms with Gasteiger partial charge in [-0.3, -0.25) is 4.79 Å². The Bertz CT molecular complexity index is 668. The van der Waals surface area contributed by atoms with Gasteiger partial charge in [-0.15, -0.1) is 0 Å². The zero-order chi connectivity index (χ0) is 18.6. The first kappa shape index (κ1) is 18.8. The lowest BCUT2D eigenvalue weighted by molar-refractivity contribution is 0.0648. The molecular weight excluding hydrogens is 318 g/mol. The molecule has 1 saturated heterocycles. The maximum atomic E-state index is 12.6. The van der Waals surface area contributed by atoms with E-state index in [0.29, 0.717) is 24.3 Å². The van der Waals surface area contributed by atoms with Crippen LogP contribution in [0.1, 0.15) is 56.6 Å². The predicted molar refractivity (Wildman–Crippen MR) is 95.0 cm³/mol. The maximum Gasteiger partial charge on any atom is 0.315 e. The lowest BCUT2D eigenvalue weighted by Crippen LogP contribution is -2.53. The fourth-order valence-electron chi connectivity index (χ4n) is 3.06. The summed E-state index contributed by atoms with van der Waals surface area (Å²) < 4.78 is 0. The van der Waals surface area contributed by atoms with Crippen LogP contribution in [-0.4, -0.2) is 46.5 Å². The molecule has 0 unspecified atom stereocenters. The van der Waals surface area contributed by atoms with Crippen molar-refractivity contribution < 1.29 is 9.59 Å². The number of likely N-dealkylation sites (tertiary alicyclic amines) is 1. The molecule has 0 saturated carbocycles. The largest absolute Gasteiger partial charge is 0.356 e. The van der Waals surface area contributed by atoms with Crippen molar-refractivity contribution in [2.24, 2.45) is 5.92 Å². The second-order valence-electron chi connectivity index (χ2n) is 7.70. The van der Waals surface area contributed by atoms with Gasteiger partial charge in [-0.2, -0.15) is 5.26 Å². The molecule has 0 radical (unpaired) electrons. The molecule has 1 fully saturated rings. The number of nitrogens with one attached hydrogen (secondary N) is 3. The summed E-state index contributed by atoms with van der Waals surface area (Å²) >= 11 is 0. The van der Waals surface area contributed by atoms with Gasteiger partial charge in [-0.05, 0) is 52.5 Å². The first-order valence-electron chi connectivity index (χ1n) is 8.66. The summed E-state index contributed by atoms with van der Waals surface area (Å²) in [5.41, 5.74) is 0.596. The van der Waals surface area contributed by atoms with Crippen LogP contribution in [0.2, 0.25) is 0 Å². The Morgan fingerprint density at radius 2 is 2.16 bits per heavy atom. The topological polar surface area (TPSA) is 101 Å². The minimum atomic E-state index is -0.287. The number of hydrogen-bond donors (Lipinski definition) is 3. The molecule has 0 aromatic carbocycles. The third-order valence-corrected chi connectivity index (χ3v) is 4.34. The van der Waals surface area contributed by atoms with E-state index < -0.39 is 0 Å². The van der Waals surface area contributed by atoms with E-state index in [-0.39, 0.29) is 29.4 Å². The quantitative estimate of drug-likeness (QED) is 0.783. The molecule has 25 heavy (non-hydrogen) atoms. The van der Waals surface area contributed by atoms with Crippen LogP contribution >= 0.6 is 0 Å². The number of carbonyl (C=O) groups excluding carboxylic acids is 2. The first-order chi connectivity index (χ1) is 11.7. The van der Waals surface area contributed by atoms with Crippen molar-refractivity contribution in [2.45, 2.75) is 52.1 Å². The van der Waals surface area contributed by atoms with Crippen LogP contribution in [0.15, 0.2) is 12.3 Å². The molecule has 1 aliphatic rings. The van der Waals surface area contributed by atoms with Gasteiger partial charge in [0.2, 0.25) is 0 Å². The van der Waals surface area contributed by atoms with E-state index in [9.17, 15) is 9.59 Å². The summed E-state index contributed by atoms with van der Waals surface area (Å²) in [5, 5.41) is 14.8. The molecule has 2 heterocycles. The molecule has 136 valence electrons. The second-order valence-corrected chi connectivity index (χ2v) is 7.70. The fraction of sp³-hybridized carbons (Fsp3) is 0.611. The molecule has 2 atom stereocenters. The lowest BCUT2D eigenvalue weighted by Gasteiger charge is -2.36. The second kappa shape index (κ2) is 7.60. The zero-order valence-corrected chi connectivity index (χ0v) is 15.3. The van der Waals surface area contributed by atoms with Crippen molar-refractivity contribution in [3.8, 4) is 6.07 Å². The summed E-state index contributed by atoms with van der Waals surface area (Å²) in [4.78, 5) is 29.3. The van der Waals surface area contributed by atoms with Crippen molar-refractivity contribution in [1.82, 2.24) is 20.5 Å². The van der Waals surface area contributed by atoms with Gasteiger partial charge < -0.3 is 20.5 Å². The number of piperidine rings is 1. The Labute approximate surface area is 148 Å². The minimum absolute atomic E-state index is 0.0312. The number of rotatable bonds is 3. The average Bonchev–Trinajstić information content (AvgIpc) is 3.01. The van der Waals surface area contributed by atoms with Crippen LogP contribution in [0.5, 0.6) is 0 Å². The van der Waals surface area contributed by atoms with E-state index in [2.05, 4.69) is 15.6 Å². The monoisotopic (exact) mass is 345 g/mol. The van der Waals surface area contributed by atoms with E-state index in [4.69, 9.17) is 5.26 Å². The number of urea groups is 1. The Balaban J connectivity index is 1.94. The van der Waals surface area contributed by atoms with Gasteiger partial charge in [-0.25, -0.2) is 4.79 Å². The SMILES string of the molecule is C[C@H](NC(=O)NC(C)(C)C)[C@@H]1CCCN(C(=O)c2cc(C#N)c[nH]2)C1. The number of nitriles is 1. The van der Waals surface area contributed by atoms with Crippen LogP contribution < -0.4 is 10.6 Å². The van der Waals surface area contributed by atoms with Crippen LogP contribution in [0.25, 0.3) is 0 Å². The zero-order valence-electron chi connectivity index (χ0n) is 15.3. The average molecular weight is 345 g/mol. The third kappa shape index (κ3) is 5.24. The van der Waals surface area contributed by atoms with Gasteiger partial charge >= 0.3 is 6.03 Å². The number of amides is 3. The standard InChI is InChI=1S/C18H27N5O2/c1-12(21-17(25)22-18(2,3)4)14-6-5-7-23(11-14)16(24)15-8-13(9-19)10-20-15/h8,10,12,14,20H,5-7,11H2,1-4H3,(H2,21,22,25)/t12-,14+/m0/s1. The highest BCUT2D eigenvalue weighted by Gasteiger charge is 2.29. The fourth-order valence-corrected chi connectivity index (χ4v) is 3.06. The molecule has 3 amide bonds. The van der Waals surface area contributed by atoms with E-state index in [1.165, 1.54) is 6.20 Å². The molecule has 0 bridgehead atoms. The molecule has 2 rings (SSSR count). The summed E-state index contributed by atoms with van der Waals surface area (Å²) in [6.07, 6.45) is 3.40. The number of hydrogen-bond acceptors (Lipinski definition) is 3. The maximum absolute atomic E-state index is 12.6. The highest BCUT2D eigenvalue weighted by molar-refractivity contribution is 5.93. The Hall–Kier alpha value is -2.49. The van der Waals surface area contributed by atoms with Crippen LogP contribution in [-0.2, 0) is 0 Å². The van der Waals surface area contributed by atoms with Crippen molar-refractivity contribution in [3.05, 3.63) is 23.5 Å². The van der Waals surface area contributed by atoms with Crippen molar-refractivity contribution in [3.63, 3.8) is 0 Å². The van der Waals surface area contributed by atoms with Crippen molar-refractivity contribution in [2.75, 3.05) is 13.1 Å². The summed E-state index contributed by atoms with van der Waals surface area (Å²) in [5.74, 6) is 0.103. The Kier molecular flexibility index (Phi) is 5.73. The summed E-state index contributed by atoms with van der Waals surface area (Å²) in [7, 11) is 0. The van der Waals surface area contributed by atoms with Crippen molar-refractivity contribution >= 4 is 11.9 Å². The lowest BCUT2D eigenvalue weighted by atomic mass is 9.91. The van der Waals surface area contributed by atoms with Gasteiger partial charge in [0.25, 0.3) is 5.91 Å². The molecule has 1 aromatic heterocycles. The number of aromatic amines is 1. The highest BCUT2D eigenvalue weighted by Crippen LogP contribution is 2.21. The van der Waals surface area contributed by atoms with Crippen LogP contribution in [0.3, 0.4) is 0 Å². The molecule has 0 aliphatic carbocycles. The summed E-state index contributed by atoms with van der Waals surface area (Å²) in [6, 6.07) is 3.37. The van der Waals surface area contributed by atoms with Crippen molar-refractivity contribution in [1.29, 1.82) is 5.26 Å². The molecule has 7 nitrogen and oxygen atoms in total. The molecule has 7 heteroatoms. The van der Waals surface area contributed by atoms with Crippen LogP contribution in [0.4, 0.5) is 4.79 Å². The highest BCUT2D eigenvalue weighted by atomic mass is 16.2. The molecule has 3 N–H and O–H groups in total. The van der Waals surface area contributed by atoms with Crippen LogP contribution in [0, 0.1) is 17.2 Å². The number of carbonyl (C=O) groups is 2. The number of nitrogens with zero attached hydrogens (tertiary/aromatic N) is 2. The molecule has 1 aliphatic heterocycles. The van der Waals surface area contributed by atoms with Gasteiger partial charge in [0.05, 0.1) is 5.56 Å². The van der Waals surface area contributed by atoms with Gasteiger partial charge in [0, 0.05) is 30.9 Å². The number of H-pyrrole nitrogens is 1. The third-order valence-electron chi connectivity index (χ3n) is 4.34. The Morgan fingerprint density at radius 3 is 2.76 bits per heavy atom. The van der Waals surface area contributed by atoms with E-state index >= 15 is 0 Å². The first-order valence-corrected chi connectivity index (χ1v) is 8.66. The van der Waals surface area contributed by atoms with E-state index in [0.717, 1.165) is 12.8 Å². The normalized spacial score (nSPS) is 19.0. The van der Waals surface area contributed by atoms with Gasteiger partial charge in [0.15, 0.2) is 0 Å². The van der Waals surface area contributed by atoms with Gasteiger partial charge in [-0.1, -0.05) is 0 Å². The summed E-state index contributed by atoms with van der Waals surface area (Å²) in [6.45, 7) is 9.06.